The van der Waals surface area contributed by atoms with Crippen molar-refractivity contribution in [3.63, 3.8) is 0 Å². The van der Waals surface area contributed by atoms with Crippen molar-refractivity contribution in [2.24, 2.45) is 0 Å². The van der Waals surface area contributed by atoms with Gasteiger partial charge in [0.1, 0.15) is 5.82 Å². The second-order valence-electron chi connectivity index (χ2n) is 6.51. The highest BCUT2D eigenvalue weighted by Crippen LogP contribution is 2.38. The highest BCUT2D eigenvalue weighted by Gasteiger charge is 2.37. The van der Waals surface area contributed by atoms with Crippen molar-refractivity contribution in [3.8, 4) is 11.5 Å². The number of fused-ring (bicyclic) bond motifs is 1. The summed E-state index contributed by atoms with van der Waals surface area (Å²) in [6, 6.07) is 17.5. The quantitative estimate of drug-likeness (QED) is 0.602. The minimum absolute atomic E-state index is 0.00348. The number of anilines is 2. The number of urea groups is 1. The molecule has 0 saturated heterocycles. The van der Waals surface area contributed by atoms with Gasteiger partial charge in [0.2, 0.25) is 0 Å². The van der Waals surface area contributed by atoms with Gasteiger partial charge in [-0.3, -0.25) is 4.90 Å². The topological polar surface area (TPSA) is 59.1 Å². The number of methoxy groups -OCH3 is 2. The molecule has 0 aromatic heterocycles. The van der Waals surface area contributed by atoms with Crippen LogP contribution in [0.3, 0.4) is 0 Å². The summed E-state index contributed by atoms with van der Waals surface area (Å²) in [6.45, 7) is 0.00348. The molecule has 4 rings (SSSR count). The predicted molar refractivity (Wildman–Crippen MR) is 113 cm³/mol. The Morgan fingerprint density at radius 1 is 0.933 bits per heavy atom. The van der Waals surface area contributed by atoms with Gasteiger partial charge in [-0.05, 0) is 30.3 Å². The van der Waals surface area contributed by atoms with E-state index in [2.05, 4.69) is 0 Å². The lowest BCUT2D eigenvalue weighted by Crippen LogP contribution is -2.48. The van der Waals surface area contributed by atoms with Gasteiger partial charge >= 0.3 is 6.03 Å². The Kier molecular flexibility index (Phi) is 5.41. The minimum atomic E-state index is -1.78. The third-order valence-electron chi connectivity index (χ3n) is 4.80. The first-order valence-corrected chi connectivity index (χ1v) is 10.2. The predicted octanol–water partition coefficient (Wildman–Crippen LogP) is 4.51. The molecule has 0 aliphatic carbocycles. The lowest BCUT2D eigenvalue weighted by Gasteiger charge is -2.36. The van der Waals surface area contributed by atoms with E-state index in [1.54, 1.807) is 60.7 Å². The number of nitrogens with zero attached hydrogens (tertiary/aromatic N) is 2. The van der Waals surface area contributed by atoms with Crippen LogP contribution in [0, 0.1) is 5.82 Å². The van der Waals surface area contributed by atoms with Crippen LogP contribution in [0.1, 0.15) is 5.56 Å². The zero-order valence-corrected chi connectivity index (χ0v) is 17.2. The summed E-state index contributed by atoms with van der Waals surface area (Å²) in [7, 11) is 1.21. The van der Waals surface area contributed by atoms with E-state index in [4.69, 9.17) is 9.47 Å². The van der Waals surface area contributed by atoms with E-state index in [-0.39, 0.29) is 6.54 Å². The van der Waals surface area contributed by atoms with Crippen LogP contribution in [0.25, 0.3) is 0 Å². The third-order valence-corrected chi connectivity index (χ3v) is 6.22. The molecule has 154 valence electrons. The molecule has 0 spiro atoms. The highest BCUT2D eigenvalue weighted by atomic mass is 32.2. The molecule has 1 unspecified atom stereocenters. The van der Waals surface area contributed by atoms with E-state index < -0.39 is 22.8 Å². The number of carbonyl (C=O) groups is 1. The Hall–Kier alpha value is -3.39. The third kappa shape index (κ3) is 3.39. The Bertz CT molecular complexity index is 1140. The van der Waals surface area contributed by atoms with E-state index in [0.29, 0.717) is 33.3 Å². The van der Waals surface area contributed by atoms with Gasteiger partial charge in [-0.1, -0.05) is 30.3 Å². The molecule has 1 aliphatic heterocycles. The molecular formula is C22H19FN2O4S. The molecule has 1 heterocycles. The average Bonchev–Trinajstić information content (AvgIpc) is 2.77. The molecule has 0 N–H and O–H groups in total. The number of ether oxygens (including phenoxy) is 2. The number of hydrogen-bond donors (Lipinski definition) is 0. The second kappa shape index (κ2) is 8.16. The summed E-state index contributed by atoms with van der Waals surface area (Å²) < 4.78 is 39.3. The van der Waals surface area contributed by atoms with Gasteiger partial charge in [0, 0.05) is 11.6 Å². The van der Waals surface area contributed by atoms with Crippen LogP contribution in [0.4, 0.5) is 20.6 Å². The lowest BCUT2D eigenvalue weighted by molar-refractivity contribution is 0.253. The fourth-order valence-electron chi connectivity index (χ4n) is 3.32. The van der Waals surface area contributed by atoms with Crippen LogP contribution in [0.5, 0.6) is 11.5 Å². The number of rotatable bonds is 5. The number of benzene rings is 3. The first-order chi connectivity index (χ1) is 14.5. The van der Waals surface area contributed by atoms with Crippen LogP contribution >= 0.6 is 0 Å². The summed E-state index contributed by atoms with van der Waals surface area (Å²) >= 11 is 0. The SMILES string of the molecule is COc1ccc(N2C(=O)N(Cc3ccccc3F)c3ccccc3S2=O)cc1OC. The fourth-order valence-corrected chi connectivity index (χ4v) is 4.61. The molecule has 30 heavy (non-hydrogen) atoms. The monoisotopic (exact) mass is 426 g/mol. The molecule has 6 nitrogen and oxygen atoms in total. The first kappa shape index (κ1) is 19.9. The molecular weight excluding hydrogens is 407 g/mol. The summed E-state index contributed by atoms with van der Waals surface area (Å²) in [5.74, 6) is 0.478. The molecule has 3 aromatic carbocycles. The van der Waals surface area contributed by atoms with Crippen LogP contribution in [0.15, 0.2) is 71.6 Å². The smallest absolute Gasteiger partial charge is 0.341 e. The Labute approximate surface area is 176 Å². The van der Waals surface area contributed by atoms with Gasteiger partial charge in [0.05, 0.1) is 37.0 Å². The Morgan fingerprint density at radius 3 is 2.37 bits per heavy atom. The Balaban J connectivity index is 1.81. The second-order valence-corrected chi connectivity index (χ2v) is 7.81. The van der Waals surface area contributed by atoms with Gasteiger partial charge in [-0.15, -0.1) is 0 Å². The highest BCUT2D eigenvalue weighted by molar-refractivity contribution is 7.87. The maximum absolute atomic E-state index is 14.3. The first-order valence-electron chi connectivity index (χ1n) is 9.13. The summed E-state index contributed by atoms with van der Waals surface area (Å²) in [6.07, 6.45) is 0. The molecule has 0 bridgehead atoms. The summed E-state index contributed by atoms with van der Waals surface area (Å²) in [5.41, 5.74) is 1.23. The fraction of sp³-hybridized carbons (Fsp3) is 0.136. The van der Waals surface area contributed by atoms with Gasteiger partial charge < -0.3 is 9.47 Å². The van der Waals surface area contributed by atoms with Crippen molar-refractivity contribution in [2.75, 3.05) is 23.4 Å². The van der Waals surface area contributed by atoms with Gasteiger partial charge in [0.25, 0.3) is 0 Å². The molecule has 0 saturated carbocycles. The number of halogens is 1. The molecule has 8 heteroatoms. The molecule has 1 aliphatic rings. The van der Waals surface area contributed by atoms with E-state index in [9.17, 15) is 13.4 Å². The maximum atomic E-state index is 14.3. The van der Waals surface area contributed by atoms with E-state index >= 15 is 0 Å². The summed E-state index contributed by atoms with van der Waals surface area (Å²) in [5, 5.41) is 0. The standard InChI is InChI=1S/C22H19FN2O4S/c1-28-19-12-11-16(13-20(19)29-2)25-22(26)24(14-15-7-3-4-8-17(15)23)18-9-5-6-10-21(18)30(25)27/h3-13H,14H2,1-2H3. The normalized spacial score (nSPS) is 15.7. The molecule has 0 radical (unpaired) electrons. The van der Waals surface area contributed by atoms with Crippen LogP contribution in [-0.4, -0.2) is 24.5 Å². The molecule has 0 fully saturated rings. The van der Waals surface area contributed by atoms with Gasteiger partial charge in [0.15, 0.2) is 22.5 Å². The molecule has 2 amide bonds. The minimum Gasteiger partial charge on any atom is -0.493 e. The van der Waals surface area contributed by atoms with Crippen molar-refractivity contribution in [1.29, 1.82) is 0 Å². The van der Waals surface area contributed by atoms with Crippen LogP contribution < -0.4 is 18.7 Å². The molecule has 1 atom stereocenters. The van der Waals surface area contributed by atoms with E-state index in [0.717, 1.165) is 0 Å². The van der Waals surface area contributed by atoms with Crippen molar-refractivity contribution in [1.82, 2.24) is 0 Å². The zero-order chi connectivity index (χ0) is 21.3. The van der Waals surface area contributed by atoms with Crippen molar-refractivity contribution in [3.05, 3.63) is 78.1 Å². The van der Waals surface area contributed by atoms with Gasteiger partial charge in [-0.25, -0.2) is 17.7 Å². The van der Waals surface area contributed by atoms with E-state index in [1.807, 2.05) is 0 Å². The van der Waals surface area contributed by atoms with E-state index in [1.165, 1.54) is 29.5 Å². The number of para-hydroxylation sites is 1. The number of amides is 2. The largest absolute Gasteiger partial charge is 0.493 e. The van der Waals surface area contributed by atoms with Crippen molar-refractivity contribution >= 4 is 28.4 Å². The zero-order valence-electron chi connectivity index (χ0n) is 16.4. The lowest BCUT2D eigenvalue weighted by atomic mass is 10.2. The number of carbonyl (C=O) groups excluding carboxylic acids is 1. The summed E-state index contributed by atoms with van der Waals surface area (Å²) in [4.78, 5) is 15.3. The van der Waals surface area contributed by atoms with Crippen molar-refractivity contribution in [2.45, 2.75) is 11.4 Å². The van der Waals surface area contributed by atoms with Crippen LogP contribution in [0.2, 0.25) is 0 Å². The number of hydrogen-bond acceptors (Lipinski definition) is 4. The Morgan fingerprint density at radius 2 is 1.63 bits per heavy atom. The van der Waals surface area contributed by atoms with Crippen molar-refractivity contribution < 1.29 is 22.9 Å². The average molecular weight is 426 g/mol. The molecule has 3 aromatic rings. The van der Waals surface area contributed by atoms with Gasteiger partial charge in [-0.2, -0.15) is 0 Å². The van der Waals surface area contributed by atoms with Crippen LogP contribution in [-0.2, 0) is 17.5 Å². The maximum Gasteiger partial charge on any atom is 0.341 e.